The third-order valence-electron chi connectivity index (χ3n) is 2.74. The van der Waals surface area contributed by atoms with Crippen LogP contribution in [0.3, 0.4) is 0 Å². The molecule has 0 saturated heterocycles. The number of nitrogens with two attached hydrogens (primary N) is 1. The molecule has 2 rings (SSSR count). The summed E-state index contributed by atoms with van der Waals surface area (Å²) in [5.74, 6) is 1.04. The van der Waals surface area contributed by atoms with E-state index in [1.807, 2.05) is 6.07 Å². The Morgan fingerprint density at radius 2 is 2.36 bits per heavy atom. The van der Waals surface area contributed by atoms with Gasteiger partial charge < -0.3 is 10.5 Å². The summed E-state index contributed by atoms with van der Waals surface area (Å²) in [4.78, 5) is 0. The van der Waals surface area contributed by atoms with Crippen LogP contribution in [0.15, 0.2) is 18.2 Å². The normalized spacial score (nSPS) is 16.1. The van der Waals surface area contributed by atoms with Crippen molar-refractivity contribution in [3.8, 4) is 5.75 Å². The Labute approximate surface area is 85.1 Å². The number of hydrogen-bond donors (Lipinski definition) is 1. The molecule has 0 spiro atoms. The molecule has 0 bridgehead atoms. The summed E-state index contributed by atoms with van der Waals surface area (Å²) < 4.78 is 5.45. The summed E-state index contributed by atoms with van der Waals surface area (Å²) in [5.41, 5.74) is 8.62. The number of benzene rings is 1. The minimum Gasteiger partial charge on any atom is -0.493 e. The molecule has 0 aliphatic carbocycles. The Balaban J connectivity index is 2.19. The molecule has 0 fully saturated rings. The Hall–Kier alpha value is -1.02. The molecule has 1 unspecified atom stereocenters. The minimum absolute atomic E-state index is 0.186. The first-order chi connectivity index (χ1) is 6.81. The van der Waals surface area contributed by atoms with Gasteiger partial charge in [0.25, 0.3) is 0 Å². The number of fused-ring (bicyclic) bond motifs is 1. The first kappa shape index (κ1) is 9.53. The van der Waals surface area contributed by atoms with Gasteiger partial charge in [-0.15, -0.1) is 0 Å². The van der Waals surface area contributed by atoms with Crippen LogP contribution in [0.4, 0.5) is 0 Å². The van der Waals surface area contributed by atoms with Gasteiger partial charge in [-0.3, -0.25) is 0 Å². The van der Waals surface area contributed by atoms with Gasteiger partial charge in [0.1, 0.15) is 5.75 Å². The Morgan fingerprint density at radius 1 is 1.50 bits per heavy atom. The van der Waals surface area contributed by atoms with Crippen LogP contribution in [-0.4, -0.2) is 6.61 Å². The molecule has 76 valence electrons. The van der Waals surface area contributed by atoms with Crippen LogP contribution in [0, 0.1) is 0 Å². The Morgan fingerprint density at radius 3 is 3.14 bits per heavy atom. The largest absolute Gasteiger partial charge is 0.493 e. The first-order valence-electron chi connectivity index (χ1n) is 5.32. The standard InChI is InChI=1S/C12H17NO/c1-2-3-11(13)9-4-5-12-10(8-9)6-7-14-12/h4-5,8,11H,2-3,6-7,13H2,1H3. The van der Waals surface area contributed by atoms with Crippen molar-refractivity contribution in [1.82, 2.24) is 0 Å². The molecule has 1 aromatic carbocycles. The maximum Gasteiger partial charge on any atom is 0.122 e. The molecular formula is C12H17NO. The van der Waals surface area contributed by atoms with Gasteiger partial charge in [0.2, 0.25) is 0 Å². The van der Waals surface area contributed by atoms with Crippen molar-refractivity contribution in [2.75, 3.05) is 6.61 Å². The maximum absolute atomic E-state index is 6.06. The van der Waals surface area contributed by atoms with E-state index < -0.39 is 0 Å². The smallest absolute Gasteiger partial charge is 0.122 e. The Kier molecular flexibility index (Phi) is 2.73. The second-order valence-corrected chi connectivity index (χ2v) is 3.86. The fraction of sp³-hybridized carbons (Fsp3) is 0.500. The summed E-state index contributed by atoms with van der Waals surface area (Å²) in [6, 6.07) is 6.52. The summed E-state index contributed by atoms with van der Waals surface area (Å²) in [5, 5.41) is 0. The monoisotopic (exact) mass is 191 g/mol. The number of ether oxygens (including phenoxy) is 1. The van der Waals surface area contributed by atoms with E-state index >= 15 is 0 Å². The SMILES string of the molecule is CCCC(N)c1ccc2c(c1)CCO2. The maximum atomic E-state index is 6.06. The highest BCUT2D eigenvalue weighted by Gasteiger charge is 2.14. The molecule has 0 aromatic heterocycles. The van der Waals surface area contributed by atoms with E-state index in [0.717, 1.165) is 31.6 Å². The van der Waals surface area contributed by atoms with Gasteiger partial charge in [-0.2, -0.15) is 0 Å². The average Bonchev–Trinajstić information content (AvgIpc) is 2.64. The molecule has 0 radical (unpaired) electrons. The van der Waals surface area contributed by atoms with Crippen LogP contribution in [0.1, 0.15) is 36.9 Å². The molecule has 1 heterocycles. The van der Waals surface area contributed by atoms with Crippen LogP contribution < -0.4 is 10.5 Å². The van der Waals surface area contributed by atoms with Gasteiger partial charge in [0.15, 0.2) is 0 Å². The topological polar surface area (TPSA) is 35.2 Å². The van der Waals surface area contributed by atoms with Crippen LogP contribution in [0.25, 0.3) is 0 Å². The highest BCUT2D eigenvalue weighted by Crippen LogP contribution is 2.28. The lowest BCUT2D eigenvalue weighted by molar-refractivity contribution is 0.357. The predicted octanol–water partition coefficient (Wildman–Crippen LogP) is 2.42. The lowest BCUT2D eigenvalue weighted by Gasteiger charge is -2.11. The van der Waals surface area contributed by atoms with Crippen molar-refractivity contribution in [2.24, 2.45) is 5.73 Å². The molecule has 2 N–H and O–H groups in total. The summed E-state index contributed by atoms with van der Waals surface area (Å²) in [6.45, 7) is 2.98. The van der Waals surface area contributed by atoms with E-state index in [2.05, 4.69) is 19.1 Å². The summed E-state index contributed by atoms with van der Waals surface area (Å²) in [6.07, 6.45) is 3.22. The lowest BCUT2D eigenvalue weighted by atomic mass is 10.0. The van der Waals surface area contributed by atoms with E-state index in [0.29, 0.717) is 0 Å². The second kappa shape index (κ2) is 4.01. The molecule has 1 aliphatic rings. The highest BCUT2D eigenvalue weighted by atomic mass is 16.5. The fourth-order valence-corrected chi connectivity index (χ4v) is 1.91. The quantitative estimate of drug-likeness (QED) is 0.796. The van der Waals surface area contributed by atoms with Crippen LogP contribution in [0.5, 0.6) is 5.75 Å². The minimum atomic E-state index is 0.186. The van der Waals surface area contributed by atoms with Gasteiger partial charge in [-0.1, -0.05) is 25.5 Å². The van der Waals surface area contributed by atoms with Crippen molar-refractivity contribution in [3.05, 3.63) is 29.3 Å². The first-order valence-corrected chi connectivity index (χ1v) is 5.32. The summed E-state index contributed by atoms with van der Waals surface area (Å²) >= 11 is 0. The van der Waals surface area contributed by atoms with Crippen molar-refractivity contribution >= 4 is 0 Å². The van der Waals surface area contributed by atoms with Crippen LogP contribution in [-0.2, 0) is 6.42 Å². The molecule has 1 aromatic rings. The zero-order chi connectivity index (χ0) is 9.97. The van der Waals surface area contributed by atoms with E-state index in [9.17, 15) is 0 Å². The van der Waals surface area contributed by atoms with E-state index in [1.54, 1.807) is 0 Å². The van der Waals surface area contributed by atoms with Gasteiger partial charge in [0.05, 0.1) is 6.61 Å². The van der Waals surface area contributed by atoms with Crippen LogP contribution >= 0.6 is 0 Å². The lowest BCUT2D eigenvalue weighted by Crippen LogP contribution is -2.09. The van der Waals surface area contributed by atoms with Crippen molar-refractivity contribution in [1.29, 1.82) is 0 Å². The molecule has 1 aliphatic heterocycles. The molecule has 14 heavy (non-hydrogen) atoms. The highest BCUT2D eigenvalue weighted by molar-refractivity contribution is 5.40. The van der Waals surface area contributed by atoms with Crippen molar-refractivity contribution in [3.63, 3.8) is 0 Å². The Bertz CT molecular complexity index is 322. The molecule has 0 saturated carbocycles. The van der Waals surface area contributed by atoms with E-state index in [1.165, 1.54) is 11.1 Å². The summed E-state index contributed by atoms with van der Waals surface area (Å²) in [7, 11) is 0. The van der Waals surface area contributed by atoms with E-state index in [4.69, 9.17) is 10.5 Å². The van der Waals surface area contributed by atoms with Gasteiger partial charge >= 0.3 is 0 Å². The molecule has 2 nitrogen and oxygen atoms in total. The van der Waals surface area contributed by atoms with Gasteiger partial charge in [0, 0.05) is 12.5 Å². The van der Waals surface area contributed by atoms with Gasteiger partial charge in [-0.25, -0.2) is 0 Å². The van der Waals surface area contributed by atoms with Crippen molar-refractivity contribution < 1.29 is 4.74 Å². The third-order valence-corrected chi connectivity index (χ3v) is 2.74. The van der Waals surface area contributed by atoms with Crippen LogP contribution in [0.2, 0.25) is 0 Å². The van der Waals surface area contributed by atoms with Gasteiger partial charge in [-0.05, 0) is 23.6 Å². The van der Waals surface area contributed by atoms with E-state index in [-0.39, 0.29) is 6.04 Å². The average molecular weight is 191 g/mol. The third kappa shape index (κ3) is 1.75. The number of rotatable bonds is 3. The van der Waals surface area contributed by atoms with Crippen molar-refractivity contribution in [2.45, 2.75) is 32.2 Å². The predicted molar refractivity (Wildman–Crippen MR) is 57.5 cm³/mol. The number of hydrogen-bond acceptors (Lipinski definition) is 2. The zero-order valence-electron chi connectivity index (χ0n) is 8.62. The second-order valence-electron chi connectivity index (χ2n) is 3.86. The molecule has 2 heteroatoms. The molecule has 1 atom stereocenters. The molecular weight excluding hydrogens is 174 g/mol. The molecule has 0 amide bonds. The fourth-order valence-electron chi connectivity index (χ4n) is 1.91. The zero-order valence-corrected chi connectivity index (χ0v) is 8.62.